The number of methoxy groups -OCH3 is 1. The SMILES string of the molecule is COc1ccc(C)cc1-n1nnnc1SCc1csc([N+](=O)[O-])c1. The maximum atomic E-state index is 10.7. The van der Waals surface area contributed by atoms with E-state index in [4.69, 9.17) is 4.74 Å². The van der Waals surface area contributed by atoms with E-state index in [0.29, 0.717) is 16.7 Å². The summed E-state index contributed by atoms with van der Waals surface area (Å²) in [6.45, 7) is 1.98. The predicted octanol–water partition coefficient (Wildman–Crippen LogP) is 3.24. The maximum Gasteiger partial charge on any atom is 0.324 e. The molecule has 3 aromatic rings. The van der Waals surface area contributed by atoms with Crippen molar-refractivity contribution in [3.8, 4) is 11.4 Å². The molecule has 0 radical (unpaired) electrons. The quantitative estimate of drug-likeness (QED) is 0.377. The van der Waals surface area contributed by atoms with Gasteiger partial charge in [0.2, 0.25) is 5.16 Å². The summed E-state index contributed by atoms with van der Waals surface area (Å²) in [5.41, 5.74) is 2.68. The number of aromatic nitrogens is 4. The van der Waals surface area contributed by atoms with E-state index in [-0.39, 0.29) is 9.92 Å². The molecule has 0 spiro atoms. The fourth-order valence-electron chi connectivity index (χ4n) is 2.07. The van der Waals surface area contributed by atoms with Crippen LogP contribution in [0.3, 0.4) is 0 Å². The molecule has 0 saturated heterocycles. The van der Waals surface area contributed by atoms with Crippen molar-refractivity contribution >= 4 is 28.1 Å². The second-order valence-corrected chi connectivity index (χ2v) is 6.72. The van der Waals surface area contributed by atoms with Crippen molar-refractivity contribution in [1.82, 2.24) is 20.2 Å². The van der Waals surface area contributed by atoms with Gasteiger partial charge in [-0.2, -0.15) is 4.68 Å². The molecule has 0 unspecified atom stereocenters. The van der Waals surface area contributed by atoms with Gasteiger partial charge in [0, 0.05) is 17.2 Å². The van der Waals surface area contributed by atoms with Crippen LogP contribution in [-0.4, -0.2) is 32.2 Å². The lowest BCUT2D eigenvalue weighted by Crippen LogP contribution is -2.02. The van der Waals surface area contributed by atoms with Crippen molar-refractivity contribution in [3.63, 3.8) is 0 Å². The average molecular weight is 363 g/mol. The zero-order chi connectivity index (χ0) is 17.1. The van der Waals surface area contributed by atoms with Gasteiger partial charge in [0.1, 0.15) is 11.4 Å². The van der Waals surface area contributed by atoms with Gasteiger partial charge in [-0.25, -0.2) is 0 Å². The molecule has 0 fully saturated rings. The molecule has 24 heavy (non-hydrogen) atoms. The van der Waals surface area contributed by atoms with Crippen LogP contribution in [0.4, 0.5) is 5.00 Å². The Morgan fingerprint density at radius 2 is 2.25 bits per heavy atom. The van der Waals surface area contributed by atoms with Gasteiger partial charge in [-0.1, -0.05) is 29.2 Å². The number of rotatable bonds is 6. The number of aryl methyl sites for hydroxylation is 1. The van der Waals surface area contributed by atoms with Crippen LogP contribution in [-0.2, 0) is 5.75 Å². The lowest BCUT2D eigenvalue weighted by molar-refractivity contribution is -0.380. The summed E-state index contributed by atoms with van der Waals surface area (Å²) in [6.07, 6.45) is 0. The molecule has 2 heterocycles. The first-order chi connectivity index (χ1) is 11.6. The number of nitro groups is 1. The summed E-state index contributed by atoms with van der Waals surface area (Å²) >= 11 is 2.52. The summed E-state index contributed by atoms with van der Waals surface area (Å²) in [5.74, 6) is 1.21. The van der Waals surface area contributed by atoms with Gasteiger partial charge in [-0.15, -0.1) is 5.10 Å². The first kappa shape index (κ1) is 16.4. The van der Waals surface area contributed by atoms with Crippen molar-refractivity contribution < 1.29 is 9.66 Å². The van der Waals surface area contributed by atoms with Crippen LogP contribution in [0.1, 0.15) is 11.1 Å². The highest BCUT2D eigenvalue weighted by Crippen LogP contribution is 2.30. The van der Waals surface area contributed by atoms with Gasteiger partial charge >= 0.3 is 5.00 Å². The monoisotopic (exact) mass is 363 g/mol. The third-order valence-electron chi connectivity index (χ3n) is 3.19. The Hall–Kier alpha value is -2.46. The highest BCUT2D eigenvalue weighted by Gasteiger charge is 2.15. The highest BCUT2D eigenvalue weighted by molar-refractivity contribution is 7.98. The normalized spacial score (nSPS) is 10.8. The van der Waals surface area contributed by atoms with E-state index in [1.165, 1.54) is 11.8 Å². The minimum atomic E-state index is -0.388. The highest BCUT2D eigenvalue weighted by atomic mass is 32.2. The molecule has 0 aliphatic carbocycles. The second kappa shape index (κ2) is 6.97. The Labute approximate surface area is 145 Å². The standard InChI is InChI=1S/C14H13N5O3S2/c1-9-3-4-12(22-2)11(5-9)18-14(15-16-17-18)24-8-10-6-13(19(20)21)23-7-10/h3-7H,8H2,1-2H3. The fraction of sp³-hybridized carbons (Fsp3) is 0.214. The number of benzene rings is 1. The Morgan fingerprint density at radius 1 is 1.42 bits per heavy atom. The van der Waals surface area contributed by atoms with Crippen molar-refractivity contribution in [3.05, 3.63) is 50.9 Å². The summed E-state index contributed by atoms with van der Waals surface area (Å²) in [7, 11) is 1.59. The summed E-state index contributed by atoms with van der Waals surface area (Å²) in [4.78, 5) is 10.4. The van der Waals surface area contributed by atoms with Gasteiger partial charge in [-0.05, 0) is 40.6 Å². The molecular formula is C14H13N5O3S2. The minimum Gasteiger partial charge on any atom is -0.494 e. The molecule has 0 aliphatic heterocycles. The first-order valence-electron chi connectivity index (χ1n) is 6.86. The van der Waals surface area contributed by atoms with E-state index >= 15 is 0 Å². The van der Waals surface area contributed by atoms with Crippen molar-refractivity contribution in [1.29, 1.82) is 0 Å². The summed E-state index contributed by atoms with van der Waals surface area (Å²) in [6, 6.07) is 7.32. The predicted molar refractivity (Wildman–Crippen MR) is 91.0 cm³/mol. The molecule has 0 bridgehead atoms. The van der Waals surface area contributed by atoms with Crippen LogP contribution in [0.2, 0.25) is 0 Å². The van der Waals surface area contributed by atoms with Crippen molar-refractivity contribution in [2.75, 3.05) is 7.11 Å². The Kier molecular flexibility index (Phi) is 4.76. The van der Waals surface area contributed by atoms with Crippen molar-refractivity contribution in [2.24, 2.45) is 0 Å². The zero-order valence-electron chi connectivity index (χ0n) is 12.9. The third kappa shape index (κ3) is 3.39. The zero-order valence-corrected chi connectivity index (χ0v) is 14.5. The van der Waals surface area contributed by atoms with E-state index in [1.807, 2.05) is 25.1 Å². The lowest BCUT2D eigenvalue weighted by atomic mass is 10.2. The number of tetrazole rings is 1. The van der Waals surface area contributed by atoms with Crippen LogP contribution in [0.15, 0.2) is 34.8 Å². The molecule has 10 heteroatoms. The van der Waals surface area contributed by atoms with Gasteiger partial charge in [-0.3, -0.25) is 10.1 Å². The number of hydrogen-bond donors (Lipinski definition) is 0. The second-order valence-electron chi connectivity index (χ2n) is 4.89. The number of thioether (sulfide) groups is 1. The van der Waals surface area contributed by atoms with E-state index in [2.05, 4.69) is 15.5 Å². The molecule has 0 amide bonds. The van der Waals surface area contributed by atoms with Crippen LogP contribution < -0.4 is 4.74 Å². The van der Waals surface area contributed by atoms with Gasteiger partial charge in [0.25, 0.3) is 0 Å². The average Bonchev–Trinajstić information content (AvgIpc) is 3.22. The molecule has 0 saturated carbocycles. The van der Waals surface area contributed by atoms with Gasteiger partial charge in [0.15, 0.2) is 0 Å². The Bertz CT molecular complexity index is 877. The largest absolute Gasteiger partial charge is 0.494 e. The molecule has 0 atom stereocenters. The van der Waals surface area contributed by atoms with Crippen LogP contribution in [0.5, 0.6) is 5.75 Å². The first-order valence-corrected chi connectivity index (χ1v) is 8.73. The van der Waals surface area contributed by atoms with Crippen LogP contribution in [0, 0.1) is 17.0 Å². The number of hydrogen-bond acceptors (Lipinski definition) is 8. The summed E-state index contributed by atoms with van der Waals surface area (Å²) < 4.78 is 6.98. The minimum absolute atomic E-state index is 0.130. The maximum absolute atomic E-state index is 10.7. The van der Waals surface area contributed by atoms with E-state index in [9.17, 15) is 10.1 Å². The Morgan fingerprint density at radius 3 is 2.96 bits per heavy atom. The van der Waals surface area contributed by atoms with Crippen LogP contribution in [0.25, 0.3) is 5.69 Å². The molecule has 0 N–H and O–H groups in total. The number of ether oxygens (including phenoxy) is 1. The number of thiophene rings is 1. The van der Waals surface area contributed by atoms with Crippen LogP contribution >= 0.6 is 23.1 Å². The molecule has 3 rings (SSSR count). The van der Waals surface area contributed by atoms with Gasteiger partial charge in [0.05, 0.1) is 12.0 Å². The topological polar surface area (TPSA) is 96.0 Å². The third-order valence-corrected chi connectivity index (χ3v) is 5.11. The molecular weight excluding hydrogens is 350 g/mol. The Balaban J connectivity index is 1.83. The van der Waals surface area contributed by atoms with E-state index in [1.54, 1.807) is 23.2 Å². The lowest BCUT2D eigenvalue weighted by Gasteiger charge is -2.10. The molecule has 1 aromatic carbocycles. The molecule has 8 nitrogen and oxygen atoms in total. The van der Waals surface area contributed by atoms with Crippen molar-refractivity contribution in [2.45, 2.75) is 17.8 Å². The molecule has 2 aromatic heterocycles. The molecule has 124 valence electrons. The summed E-state index contributed by atoms with van der Waals surface area (Å²) in [5, 5.41) is 25.0. The van der Waals surface area contributed by atoms with E-state index in [0.717, 1.165) is 28.2 Å². The fourth-order valence-corrected chi connectivity index (χ4v) is 3.72. The smallest absolute Gasteiger partial charge is 0.324 e. The van der Waals surface area contributed by atoms with Gasteiger partial charge < -0.3 is 4.74 Å². The van der Waals surface area contributed by atoms with E-state index < -0.39 is 0 Å². The molecule has 0 aliphatic rings. The number of nitrogens with zero attached hydrogens (tertiary/aromatic N) is 5.